The fourth-order valence-electron chi connectivity index (χ4n) is 4.25. The Hall–Kier alpha value is -3.26. The third kappa shape index (κ3) is 6.63. The summed E-state index contributed by atoms with van der Waals surface area (Å²) in [4.78, 5) is 0. The molecule has 2 saturated heterocycles. The molecule has 0 saturated carbocycles. The van der Waals surface area contributed by atoms with E-state index in [4.69, 9.17) is 14.2 Å². The second-order valence-electron chi connectivity index (χ2n) is 8.67. The molecule has 2 aromatic carbocycles. The summed E-state index contributed by atoms with van der Waals surface area (Å²) in [6, 6.07) is 17.8. The van der Waals surface area contributed by atoms with E-state index < -0.39 is 0 Å². The van der Waals surface area contributed by atoms with Crippen LogP contribution < -0.4 is 4.74 Å². The van der Waals surface area contributed by atoms with Gasteiger partial charge in [0.1, 0.15) is 11.5 Å². The Balaban J connectivity index is 1.46. The van der Waals surface area contributed by atoms with Crippen LogP contribution in [0, 0.1) is 17.8 Å². The van der Waals surface area contributed by atoms with Crippen LogP contribution in [0.15, 0.2) is 90.5 Å². The van der Waals surface area contributed by atoms with Gasteiger partial charge in [-0.2, -0.15) is 0 Å². The molecule has 4 rings (SSSR count). The first-order valence-electron chi connectivity index (χ1n) is 11.9. The largest absolute Gasteiger partial charge is 0.504 e. The Morgan fingerprint density at radius 1 is 1.00 bits per heavy atom. The molecule has 176 valence electrons. The van der Waals surface area contributed by atoms with Crippen LogP contribution in [0.5, 0.6) is 5.75 Å². The lowest BCUT2D eigenvalue weighted by molar-refractivity contribution is -0.105. The molecule has 0 aromatic heterocycles. The summed E-state index contributed by atoms with van der Waals surface area (Å²) in [5, 5.41) is 10.8. The van der Waals surface area contributed by atoms with E-state index in [-0.39, 0.29) is 29.8 Å². The van der Waals surface area contributed by atoms with Crippen LogP contribution >= 0.6 is 0 Å². The zero-order valence-corrected chi connectivity index (χ0v) is 19.4. The molecule has 0 radical (unpaired) electrons. The van der Waals surface area contributed by atoms with Crippen molar-refractivity contribution in [2.75, 3.05) is 19.8 Å². The number of hydrogen-bond donors (Lipinski definition) is 1. The van der Waals surface area contributed by atoms with Gasteiger partial charge in [-0.1, -0.05) is 54.3 Å². The topological polar surface area (TPSA) is 47.9 Å². The lowest BCUT2D eigenvalue weighted by atomic mass is 9.79. The SMILES string of the molecule is C=CC1COCC(C(O)=C=Cc2ccccc2)C1C=C=Cc1ccc(OC2CCCCO2)cc1. The Kier molecular flexibility index (Phi) is 8.62. The fraction of sp³-hybridized carbons (Fsp3) is 0.333. The Morgan fingerprint density at radius 3 is 2.53 bits per heavy atom. The van der Waals surface area contributed by atoms with Gasteiger partial charge < -0.3 is 19.3 Å². The van der Waals surface area contributed by atoms with Gasteiger partial charge in [-0.15, -0.1) is 12.3 Å². The number of benzene rings is 2. The first-order valence-corrected chi connectivity index (χ1v) is 11.9. The smallest absolute Gasteiger partial charge is 0.199 e. The molecule has 0 spiro atoms. The highest BCUT2D eigenvalue weighted by molar-refractivity contribution is 5.50. The van der Waals surface area contributed by atoms with E-state index in [0.29, 0.717) is 13.2 Å². The molecule has 4 unspecified atom stereocenters. The molecule has 2 fully saturated rings. The van der Waals surface area contributed by atoms with Gasteiger partial charge in [0.25, 0.3) is 0 Å². The van der Waals surface area contributed by atoms with Gasteiger partial charge in [0.05, 0.1) is 25.7 Å². The van der Waals surface area contributed by atoms with E-state index in [1.54, 1.807) is 6.08 Å². The molecule has 0 amide bonds. The number of allylic oxidation sites excluding steroid dienone is 1. The van der Waals surface area contributed by atoms with Crippen molar-refractivity contribution in [2.45, 2.75) is 25.6 Å². The second kappa shape index (κ2) is 12.3. The third-order valence-corrected chi connectivity index (χ3v) is 6.23. The van der Waals surface area contributed by atoms with Crippen molar-refractivity contribution in [2.24, 2.45) is 17.8 Å². The summed E-state index contributed by atoms with van der Waals surface area (Å²) in [6.07, 6.45) is 10.7. The third-order valence-electron chi connectivity index (χ3n) is 6.23. The molecule has 4 atom stereocenters. The second-order valence-corrected chi connectivity index (χ2v) is 8.67. The van der Waals surface area contributed by atoms with Crippen molar-refractivity contribution in [3.05, 3.63) is 102 Å². The molecule has 34 heavy (non-hydrogen) atoms. The minimum absolute atomic E-state index is 0.0187. The van der Waals surface area contributed by atoms with E-state index in [0.717, 1.165) is 42.7 Å². The first kappa shape index (κ1) is 23.9. The van der Waals surface area contributed by atoms with Crippen molar-refractivity contribution < 1.29 is 19.3 Å². The molecule has 4 heteroatoms. The van der Waals surface area contributed by atoms with Crippen LogP contribution in [0.1, 0.15) is 30.4 Å². The lowest BCUT2D eigenvalue weighted by Crippen LogP contribution is -2.34. The minimum Gasteiger partial charge on any atom is -0.504 e. The van der Waals surface area contributed by atoms with Gasteiger partial charge in [-0.05, 0) is 54.3 Å². The number of aliphatic hydroxyl groups excluding tert-OH is 1. The lowest BCUT2D eigenvalue weighted by Gasteiger charge is -2.33. The average Bonchev–Trinajstić information content (AvgIpc) is 2.89. The molecule has 2 aliphatic heterocycles. The van der Waals surface area contributed by atoms with E-state index in [1.165, 1.54) is 0 Å². The number of aliphatic hydroxyl groups is 1. The van der Waals surface area contributed by atoms with Crippen LogP contribution in [0.25, 0.3) is 12.2 Å². The molecule has 0 bridgehead atoms. The standard InChI is InChI=1S/C30H32O4/c1-2-25-21-32-22-28(29(31)19-16-23-9-4-3-5-10-23)27(25)12-8-11-24-14-17-26(18-15-24)34-30-13-6-7-20-33-30/h2-5,9-12,14-18,25,27-28,30-31H,1,6-7,13,20-22H2. The summed E-state index contributed by atoms with van der Waals surface area (Å²) >= 11 is 0. The average molecular weight is 457 g/mol. The Bertz CT molecular complexity index is 1050. The highest BCUT2D eigenvalue weighted by Crippen LogP contribution is 2.33. The fourth-order valence-corrected chi connectivity index (χ4v) is 4.25. The molecule has 1 N–H and O–H groups in total. The molecule has 0 aliphatic carbocycles. The Labute approximate surface area is 202 Å². The highest BCUT2D eigenvalue weighted by atomic mass is 16.7. The highest BCUT2D eigenvalue weighted by Gasteiger charge is 2.33. The zero-order chi connectivity index (χ0) is 23.6. The first-order chi connectivity index (χ1) is 16.7. The summed E-state index contributed by atoms with van der Waals surface area (Å²) in [6.45, 7) is 5.74. The van der Waals surface area contributed by atoms with Crippen molar-refractivity contribution in [1.82, 2.24) is 0 Å². The minimum atomic E-state index is -0.205. The van der Waals surface area contributed by atoms with Crippen molar-refractivity contribution in [3.8, 4) is 5.75 Å². The molecule has 2 aliphatic rings. The van der Waals surface area contributed by atoms with Gasteiger partial charge in [0.15, 0.2) is 6.29 Å². The van der Waals surface area contributed by atoms with Crippen LogP contribution in [0.4, 0.5) is 0 Å². The monoisotopic (exact) mass is 456 g/mol. The molecule has 2 heterocycles. The van der Waals surface area contributed by atoms with Crippen LogP contribution in [-0.2, 0) is 9.47 Å². The zero-order valence-electron chi connectivity index (χ0n) is 19.4. The van der Waals surface area contributed by atoms with Gasteiger partial charge in [0, 0.05) is 18.3 Å². The molecule has 4 nitrogen and oxygen atoms in total. The van der Waals surface area contributed by atoms with Gasteiger partial charge in [0.2, 0.25) is 0 Å². The molecule has 2 aromatic rings. The quantitative estimate of drug-likeness (QED) is 0.290. The van der Waals surface area contributed by atoms with Gasteiger partial charge in [-0.3, -0.25) is 0 Å². The number of hydrogen-bond acceptors (Lipinski definition) is 4. The summed E-state index contributed by atoms with van der Waals surface area (Å²) < 4.78 is 17.3. The molecular formula is C30H32O4. The van der Waals surface area contributed by atoms with Crippen molar-refractivity contribution in [3.63, 3.8) is 0 Å². The van der Waals surface area contributed by atoms with E-state index in [9.17, 15) is 5.11 Å². The summed E-state index contributed by atoms with van der Waals surface area (Å²) in [7, 11) is 0. The summed E-state index contributed by atoms with van der Waals surface area (Å²) in [5.74, 6) is 0.898. The number of ether oxygens (including phenoxy) is 3. The van der Waals surface area contributed by atoms with E-state index >= 15 is 0 Å². The number of rotatable bonds is 7. The summed E-state index contributed by atoms with van der Waals surface area (Å²) in [5.41, 5.74) is 8.37. The van der Waals surface area contributed by atoms with Crippen molar-refractivity contribution >= 4 is 12.2 Å². The van der Waals surface area contributed by atoms with E-state index in [2.05, 4.69) is 18.0 Å². The Morgan fingerprint density at radius 2 is 1.79 bits per heavy atom. The van der Waals surface area contributed by atoms with Crippen LogP contribution in [0.3, 0.4) is 0 Å². The maximum absolute atomic E-state index is 10.8. The molecular weight excluding hydrogens is 424 g/mol. The van der Waals surface area contributed by atoms with Gasteiger partial charge in [-0.25, -0.2) is 0 Å². The van der Waals surface area contributed by atoms with Crippen LogP contribution in [-0.4, -0.2) is 31.2 Å². The predicted molar refractivity (Wildman–Crippen MR) is 135 cm³/mol. The predicted octanol–water partition coefficient (Wildman–Crippen LogP) is 6.58. The van der Waals surface area contributed by atoms with Crippen LogP contribution in [0.2, 0.25) is 0 Å². The van der Waals surface area contributed by atoms with Crippen molar-refractivity contribution in [1.29, 1.82) is 0 Å². The maximum Gasteiger partial charge on any atom is 0.199 e. The van der Waals surface area contributed by atoms with E-state index in [1.807, 2.05) is 72.8 Å². The van der Waals surface area contributed by atoms with Gasteiger partial charge >= 0.3 is 0 Å². The maximum atomic E-state index is 10.8. The normalized spacial score (nSPS) is 24.1.